The van der Waals surface area contributed by atoms with Crippen molar-refractivity contribution in [3.63, 3.8) is 0 Å². The molecule has 106 valence electrons. The van der Waals surface area contributed by atoms with E-state index in [-0.39, 0.29) is 0 Å². The van der Waals surface area contributed by atoms with Crippen LogP contribution in [0, 0.1) is 11.3 Å². The molecule has 1 rings (SSSR count). The summed E-state index contributed by atoms with van der Waals surface area (Å²) in [7, 11) is 2.89. The maximum absolute atomic E-state index is 11.7. The van der Waals surface area contributed by atoms with Gasteiger partial charge < -0.3 is 15.4 Å². The minimum atomic E-state index is -0.644. The molecule has 0 heterocycles. The number of carbonyl (C=O) groups is 2. The topological polar surface area (TPSA) is 103 Å². The van der Waals surface area contributed by atoms with Crippen LogP contribution in [0.4, 0.5) is 10.5 Å². The van der Waals surface area contributed by atoms with E-state index < -0.39 is 18.0 Å². The van der Waals surface area contributed by atoms with Crippen LogP contribution >= 0.6 is 0 Å². The summed E-state index contributed by atoms with van der Waals surface area (Å²) in [5.41, 5.74) is 1.01. The van der Waals surface area contributed by atoms with Crippen molar-refractivity contribution >= 4 is 17.6 Å². The molecule has 0 fully saturated rings. The molecular weight excluding hydrogens is 260 g/mol. The lowest BCUT2D eigenvalue weighted by molar-refractivity contribution is -0.120. The zero-order valence-electron chi connectivity index (χ0n) is 11.5. The third-order valence-electron chi connectivity index (χ3n) is 2.56. The van der Waals surface area contributed by atoms with Gasteiger partial charge in [-0.05, 0) is 19.1 Å². The average Bonchev–Trinajstić information content (AvgIpc) is 2.47. The Labute approximate surface area is 116 Å². The third kappa shape index (κ3) is 3.88. The number of hydrogen-bond acceptors (Lipinski definition) is 5. The second-order valence-corrected chi connectivity index (χ2v) is 3.96. The summed E-state index contributed by atoms with van der Waals surface area (Å²) >= 11 is 0. The molecule has 20 heavy (non-hydrogen) atoms. The van der Waals surface area contributed by atoms with Gasteiger partial charge in [-0.1, -0.05) is 0 Å². The summed E-state index contributed by atoms with van der Waals surface area (Å²) in [4.78, 5) is 22.8. The molecule has 3 N–H and O–H groups in total. The Kier molecular flexibility index (Phi) is 5.35. The van der Waals surface area contributed by atoms with Crippen LogP contribution in [-0.4, -0.2) is 32.1 Å². The lowest BCUT2D eigenvalue weighted by Gasteiger charge is -2.16. The van der Waals surface area contributed by atoms with Gasteiger partial charge >= 0.3 is 6.03 Å². The summed E-state index contributed by atoms with van der Waals surface area (Å²) in [5, 5.41) is 16.2. The zero-order chi connectivity index (χ0) is 15.1. The first-order chi connectivity index (χ1) is 9.51. The predicted octanol–water partition coefficient (Wildman–Crippen LogP) is 0.823. The number of benzene rings is 1. The molecule has 1 atom stereocenters. The molecule has 0 saturated carbocycles. The van der Waals surface area contributed by atoms with Crippen LogP contribution in [0.2, 0.25) is 0 Å². The number of amides is 3. The highest BCUT2D eigenvalue weighted by Gasteiger charge is 2.16. The second kappa shape index (κ2) is 6.99. The Morgan fingerprint density at radius 2 is 2.10 bits per heavy atom. The molecule has 7 heteroatoms. The molecular formula is C13H16N4O3. The van der Waals surface area contributed by atoms with Gasteiger partial charge in [0.2, 0.25) is 5.91 Å². The fourth-order valence-corrected chi connectivity index (χ4v) is 1.46. The van der Waals surface area contributed by atoms with Crippen molar-refractivity contribution in [3.8, 4) is 11.8 Å². The number of methoxy groups -OCH3 is 1. The molecule has 0 aliphatic heterocycles. The number of rotatable bonds is 4. The van der Waals surface area contributed by atoms with Gasteiger partial charge in [0.15, 0.2) is 0 Å². The molecule has 0 saturated heterocycles. The van der Waals surface area contributed by atoms with Crippen LogP contribution in [0.3, 0.4) is 0 Å². The van der Waals surface area contributed by atoms with Crippen molar-refractivity contribution in [3.05, 3.63) is 23.8 Å². The average molecular weight is 276 g/mol. The van der Waals surface area contributed by atoms with Crippen molar-refractivity contribution in [1.82, 2.24) is 10.6 Å². The number of carbonyl (C=O) groups excluding carboxylic acids is 2. The van der Waals surface area contributed by atoms with Gasteiger partial charge in [-0.2, -0.15) is 5.26 Å². The smallest absolute Gasteiger partial charge is 0.321 e. The normalized spacial score (nSPS) is 10.9. The van der Waals surface area contributed by atoms with E-state index >= 15 is 0 Å². The van der Waals surface area contributed by atoms with Gasteiger partial charge in [0.25, 0.3) is 0 Å². The van der Waals surface area contributed by atoms with E-state index in [9.17, 15) is 9.59 Å². The molecule has 0 bridgehead atoms. The van der Waals surface area contributed by atoms with E-state index in [1.54, 1.807) is 25.1 Å². The molecule has 0 radical (unpaired) electrons. The van der Waals surface area contributed by atoms with E-state index in [2.05, 4.69) is 16.0 Å². The maximum Gasteiger partial charge on any atom is 0.321 e. The number of ether oxygens (including phenoxy) is 1. The van der Waals surface area contributed by atoms with Gasteiger partial charge in [-0.25, -0.2) is 4.79 Å². The number of nitrogens with zero attached hydrogens (tertiary/aromatic N) is 1. The zero-order valence-corrected chi connectivity index (χ0v) is 11.5. The Bertz CT molecular complexity index is 551. The third-order valence-corrected chi connectivity index (χ3v) is 2.56. The van der Waals surface area contributed by atoms with Crippen molar-refractivity contribution in [2.24, 2.45) is 0 Å². The molecule has 0 aliphatic rings. The lowest BCUT2D eigenvalue weighted by atomic mass is 10.2. The van der Waals surface area contributed by atoms with Gasteiger partial charge in [0.1, 0.15) is 11.8 Å². The van der Waals surface area contributed by atoms with Crippen molar-refractivity contribution in [2.45, 2.75) is 13.0 Å². The van der Waals surface area contributed by atoms with E-state index in [4.69, 9.17) is 10.00 Å². The predicted molar refractivity (Wildman–Crippen MR) is 73.4 cm³/mol. The molecule has 7 nitrogen and oxygen atoms in total. The van der Waals surface area contributed by atoms with Crippen LogP contribution in [0.5, 0.6) is 5.75 Å². The first-order valence-electron chi connectivity index (χ1n) is 5.89. The van der Waals surface area contributed by atoms with Crippen molar-refractivity contribution < 1.29 is 14.3 Å². The standard InChI is InChI=1S/C13H16N4O3/c1-8(12(18)17-13(19)15-2)16-10-5-4-9(7-14)6-11(10)20-3/h4-6,8,16H,1-3H3,(H2,15,17,18,19). The fourth-order valence-electron chi connectivity index (χ4n) is 1.46. The summed E-state index contributed by atoms with van der Waals surface area (Å²) in [6, 6.07) is 5.59. The second-order valence-electron chi connectivity index (χ2n) is 3.96. The Morgan fingerprint density at radius 3 is 2.65 bits per heavy atom. The molecule has 0 aromatic heterocycles. The highest BCUT2D eigenvalue weighted by atomic mass is 16.5. The summed E-state index contributed by atoms with van der Waals surface area (Å²) in [6.45, 7) is 1.61. The molecule has 0 spiro atoms. The Balaban J connectivity index is 2.80. The molecule has 1 aromatic rings. The van der Waals surface area contributed by atoms with Crippen LogP contribution in [0.15, 0.2) is 18.2 Å². The molecule has 0 aliphatic carbocycles. The quantitative estimate of drug-likeness (QED) is 0.755. The minimum Gasteiger partial charge on any atom is -0.495 e. The summed E-state index contributed by atoms with van der Waals surface area (Å²) in [6.07, 6.45) is 0. The van der Waals surface area contributed by atoms with Crippen LogP contribution in [-0.2, 0) is 4.79 Å². The lowest BCUT2D eigenvalue weighted by Crippen LogP contribution is -2.44. The largest absolute Gasteiger partial charge is 0.495 e. The van der Waals surface area contributed by atoms with Crippen molar-refractivity contribution in [2.75, 3.05) is 19.5 Å². The highest BCUT2D eigenvalue weighted by molar-refractivity contribution is 5.98. The number of hydrogen-bond donors (Lipinski definition) is 3. The SMILES string of the molecule is CNC(=O)NC(=O)C(C)Nc1ccc(C#N)cc1OC. The van der Waals surface area contributed by atoms with Crippen LogP contribution in [0.25, 0.3) is 0 Å². The van der Waals surface area contributed by atoms with E-state index in [1.165, 1.54) is 14.2 Å². The molecule has 1 aromatic carbocycles. The van der Waals surface area contributed by atoms with Gasteiger partial charge in [-0.3, -0.25) is 10.1 Å². The van der Waals surface area contributed by atoms with Crippen LogP contribution < -0.4 is 20.7 Å². The Morgan fingerprint density at radius 1 is 1.40 bits per heavy atom. The Hall–Kier alpha value is -2.75. The number of nitrogens with one attached hydrogen (secondary N) is 3. The van der Waals surface area contributed by atoms with E-state index in [0.717, 1.165) is 0 Å². The highest BCUT2D eigenvalue weighted by Crippen LogP contribution is 2.25. The maximum atomic E-state index is 11.7. The van der Waals surface area contributed by atoms with Gasteiger partial charge in [0.05, 0.1) is 24.4 Å². The first-order valence-corrected chi connectivity index (χ1v) is 5.89. The summed E-state index contributed by atoms with van der Waals surface area (Å²) < 4.78 is 5.15. The fraction of sp³-hybridized carbons (Fsp3) is 0.308. The monoisotopic (exact) mass is 276 g/mol. The number of urea groups is 1. The summed E-state index contributed by atoms with van der Waals surface area (Å²) in [5.74, 6) is -0.0283. The van der Waals surface area contributed by atoms with Crippen molar-refractivity contribution in [1.29, 1.82) is 5.26 Å². The van der Waals surface area contributed by atoms with E-state index in [1.807, 2.05) is 6.07 Å². The van der Waals surface area contributed by atoms with Gasteiger partial charge in [0, 0.05) is 13.1 Å². The number of nitriles is 1. The van der Waals surface area contributed by atoms with Crippen LogP contribution in [0.1, 0.15) is 12.5 Å². The minimum absolute atomic E-state index is 0.448. The number of imide groups is 1. The molecule has 1 unspecified atom stereocenters. The first kappa shape index (κ1) is 15.3. The number of anilines is 1. The molecule has 3 amide bonds. The van der Waals surface area contributed by atoms with E-state index in [0.29, 0.717) is 17.0 Å². The van der Waals surface area contributed by atoms with Gasteiger partial charge in [-0.15, -0.1) is 0 Å².